The quantitative estimate of drug-likeness (QED) is 0.684. The molecule has 0 aromatic heterocycles. The first-order valence-corrected chi connectivity index (χ1v) is 4.78. The number of benzene rings is 1. The van der Waals surface area contributed by atoms with Gasteiger partial charge in [0.15, 0.2) is 11.5 Å². The molecule has 0 radical (unpaired) electrons. The third-order valence-electron chi connectivity index (χ3n) is 1.51. The van der Waals surface area contributed by atoms with E-state index in [2.05, 4.69) is 25.4 Å². The first-order valence-electron chi connectivity index (χ1n) is 3.98. The van der Waals surface area contributed by atoms with Gasteiger partial charge >= 0.3 is 13.0 Å². The molecule has 0 saturated carbocycles. The molecule has 17 heavy (non-hydrogen) atoms. The van der Waals surface area contributed by atoms with Crippen molar-refractivity contribution in [2.24, 2.45) is 0 Å². The number of ether oxygens (including phenoxy) is 2. The maximum Gasteiger partial charge on any atom is 0.573 e. The maximum absolute atomic E-state index is 12.0. The molecule has 9 heteroatoms. The molecule has 0 saturated heterocycles. The summed E-state index contributed by atoms with van der Waals surface area (Å²) in [5.41, 5.74) is 4.54. The molecule has 0 fully saturated rings. The predicted octanol–water partition coefficient (Wildman–Crippen LogP) is 3.53. The zero-order chi connectivity index (χ0) is 13.2. The van der Waals surface area contributed by atoms with E-state index in [1.54, 1.807) is 0 Å². The minimum absolute atomic E-state index is 0.0570. The van der Waals surface area contributed by atoms with E-state index in [4.69, 9.17) is 5.73 Å². The second-order valence-electron chi connectivity index (χ2n) is 2.74. The van der Waals surface area contributed by atoms with Gasteiger partial charge in [-0.1, -0.05) is 15.9 Å². The lowest BCUT2D eigenvalue weighted by molar-refractivity contribution is -0.274. The second-order valence-corrected chi connectivity index (χ2v) is 3.66. The lowest BCUT2D eigenvalue weighted by Gasteiger charge is -2.14. The topological polar surface area (TPSA) is 44.5 Å². The number of nitrogen functional groups attached to an aromatic ring is 1. The minimum Gasteiger partial charge on any atom is -0.432 e. The van der Waals surface area contributed by atoms with Gasteiger partial charge in [-0.2, -0.15) is 8.78 Å². The van der Waals surface area contributed by atoms with Gasteiger partial charge < -0.3 is 15.2 Å². The predicted molar refractivity (Wildman–Crippen MR) is 51.9 cm³/mol. The molecule has 0 aliphatic rings. The summed E-state index contributed by atoms with van der Waals surface area (Å²) in [6.45, 7) is -3.20. The molecule has 0 aliphatic heterocycles. The lowest BCUT2D eigenvalue weighted by Crippen LogP contribution is -2.18. The number of alkyl halides is 5. The van der Waals surface area contributed by atoms with Crippen molar-refractivity contribution in [3.05, 3.63) is 16.6 Å². The van der Waals surface area contributed by atoms with Crippen molar-refractivity contribution in [2.75, 3.05) is 5.73 Å². The van der Waals surface area contributed by atoms with Gasteiger partial charge in [0, 0.05) is 4.47 Å². The molecule has 0 bridgehead atoms. The van der Waals surface area contributed by atoms with Crippen LogP contribution in [-0.2, 0) is 0 Å². The van der Waals surface area contributed by atoms with Crippen LogP contribution >= 0.6 is 15.9 Å². The Labute approximate surface area is 100 Å². The Morgan fingerprint density at radius 2 is 1.71 bits per heavy atom. The van der Waals surface area contributed by atoms with Crippen LogP contribution in [0.15, 0.2) is 16.6 Å². The van der Waals surface area contributed by atoms with Crippen LogP contribution in [0.5, 0.6) is 11.5 Å². The van der Waals surface area contributed by atoms with Gasteiger partial charge in [0.25, 0.3) is 0 Å². The van der Waals surface area contributed by atoms with Crippen molar-refractivity contribution < 1.29 is 31.4 Å². The van der Waals surface area contributed by atoms with Gasteiger partial charge in [-0.3, -0.25) is 0 Å². The molecule has 1 rings (SSSR count). The molecule has 0 heterocycles. The molecule has 0 spiro atoms. The Bertz CT molecular complexity index is 410. The fourth-order valence-corrected chi connectivity index (χ4v) is 1.39. The largest absolute Gasteiger partial charge is 0.573 e. The average molecular weight is 322 g/mol. The summed E-state index contributed by atoms with van der Waals surface area (Å²) in [5.74, 6) is -1.42. The normalized spacial score (nSPS) is 11.7. The van der Waals surface area contributed by atoms with E-state index in [-0.39, 0.29) is 4.47 Å². The molecular weight excluding hydrogens is 317 g/mol. The Hall–Kier alpha value is -1.25. The fourth-order valence-electron chi connectivity index (χ4n) is 0.972. The van der Waals surface area contributed by atoms with Crippen molar-refractivity contribution in [1.29, 1.82) is 0 Å². The summed E-state index contributed by atoms with van der Waals surface area (Å²) >= 11 is 2.82. The van der Waals surface area contributed by atoms with E-state index in [0.717, 1.165) is 12.1 Å². The third kappa shape index (κ3) is 4.25. The van der Waals surface area contributed by atoms with E-state index in [0.29, 0.717) is 0 Å². The summed E-state index contributed by atoms with van der Waals surface area (Å²) in [4.78, 5) is 0. The standard InChI is InChI=1S/C8H5BrF5NO2/c9-3-1-4(16-7(10)11)6(15)5(2-3)17-8(12,13)14/h1-2,7H,15H2. The molecular formula is C8H5BrF5NO2. The molecule has 2 N–H and O–H groups in total. The van der Waals surface area contributed by atoms with Crippen LogP contribution in [0.2, 0.25) is 0 Å². The Kier molecular flexibility index (Phi) is 4.02. The Morgan fingerprint density at radius 1 is 1.18 bits per heavy atom. The molecule has 0 amide bonds. The summed E-state index contributed by atoms with van der Waals surface area (Å²) in [6, 6.07) is 1.89. The molecule has 1 aromatic rings. The highest BCUT2D eigenvalue weighted by molar-refractivity contribution is 9.10. The molecule has 0 atom stereocenters. The van der Waals surface area contributed by atoms with Gasteiger partial charge in [0.2, 0.25) is 0 Å². The SMILES string of the molecule is Nc1c(OC(F)F)cc(Br)cc1OC(F)(F)F. The first kappa shape index (κ1) is 13.8. The molecule has 0 aliphatic carbocycles. The second kappa shape index (κ2) is 4.94. The molecule has 0 unspecified atom stereocenters. The van der Waals surface area contributed by atoms with Gasteiger partial charge in [-0.15, -0.1) is 13.2 Å². The number of hydrogen-bond donors (Lipinski definition) is 1. The van der Waals surface area contributed by atoms with Crippen LogP contribution in [0, 0.1) is 0 Å². The average Bonchev–Trinajstić information content (AvgIpc) is 2.09. The Balaban J connectivity index is 3.10. The maximum atomic E-state index is 12.0. The summed E-state index contributed by atoms with van der Waals surface area (Å²) in [7, 11) is 0. The van der Waals surface area contributed by atoms with Crippen LogP contribution in [0.4, 0.5) is 27.6 Å². The van der Waals surface area contributed by atoms with Gasteiger partial charge in [0.05, 0.1) is 0 Å². The smallest absolute Gasteiger partial charge is 0.432 e. The van der Waals surface area contributed by atoms with Gasteiger partial charge in [0.1, 0.15) is 5.69 Å². The van der Waals surface area contributed by atoms with Crippen LogP contribution < -0.4 is 15.2 Å². The van der Waals surface area contributed by atoms with E-state index in [9.17, 15) is 22.0 Å². The van der Waals surface area contributed by atoms with Crippen LogP contribution in [0.3, 0.4) is 0 Å². The third-order valence-corrected chi connectivity index (χ3v) is 1.97. The van der Waals surface area contributed by atoms with Crippen molar-refractivity contribution in [3.8, 4) is 11.5 Å². The minimum atomic E-state index is -4.98. The highest BCUT2D eigenvalue weighted by Gasteiger charge is 2.32. The van der Waals surface area contributed by atoms with Crippen molar-refractivity contribution in [3.63, 3.8) is 0 Å². The molecule has 1 aromatic carbocycles. The van der Waals surface area contributed by atoms with Crippen molar-refractivity contribution in [1.82, 2.24) is 0 Å². The summed E-state index contributed by atoms with van der Waals surface area (Å²) < 4.78 is 67.3. The van der Waals surface area contributed by atoms with Crippen LogP contribution in [-0.4, -0.2) is 13.0 Å². The van der Waals surface area contributed by atoms with Crippen molar-refractivity contribution >= 4 is 21.6 Å². The van der Waals surface area contributed by atoms with E-state index < -0.39 is 30.2 Å². The van der Waals surface area contributed by atoms with E-state index in [1.165, 1.54) is 0 Å². The molecule has 3 nitrogen and oxygen atoms in total. The van der Waals surface area contributed by atoms with E-state index >= 15 is 0 Å². The number of anilines is 1. The number of halogens is 6. The molecule has 96 valence electrons. The summed E-state index contributed by atoms with van der Waals surface area (Å²) in [6.07, 6.45) is -4.98. The summed E-state index contributed by atoms with van der Waals surface area (Å²) in [5, 5.41) is 0. The number of nitrogens with two attached hydrogens (primary N) is 1. The number of rotatable bonds is 3. The van der Waals surface area contributed by atoms with Gasteiger partial charge in [-0.25, -0.2) is 0 Å². The number of hydrogen-bond acceptors (Lipinski definition) is 3. The highest BCUT2D eigenvalue weighted by atomic mass is 79.9. The lowest BCUT2D eigenvalue weighted by atomic mass is 10.3. The van der Waals surface area contributed by atoms with Crippen molar-refractivity contribution in [2.45, 2.75) is 13.0 Å². The zero-order valence-corrected chi connectivity index (χ0v) is 9.48. The first-order chi connectivity index (χ1) is 7.69. The Morgan fingerprint density at radius 3 is 2.18 bits per heavy atom. The fraction of sp³-hybridized carbons (Fsp3) is 0.250. The van der Waals surface area contributed by atoms with Crippen LogP contribution in [0.25, 0.3) is 0 Å². The van der Waals surface area contributed by atoms with Crippen LogP contribution in [0.1, 0.15) is 0 Å². The van der Waals surface area contributed by atoms with Gasteiger partial charge in [-0.05, 0) is 12.1 Å². The highest BCUT2D eigenvalue weighted by Crippen LogP contribution is 2.38. The van der Waals surface area contributed by atoms with E-state index in [1.807, 2.05) is 0 Å². The zero-order valence-electron chi connectivity index (χ0n) is 7.89. The monoisotopic (exact) mass is 321 g/mol.